The number of carbonyl (C=O) groups is 3. The molecule has 1 amide bonds. The molecule has 2 atom stereocenters. The van der Waals surface area contributed by atoms with E-state index in [1.54, 1.807) is 23.6 Å². The summed E-state index contributed by atoms with van der Waals surface area (Å²) in [6.07, 6.45) is 2.19. The molecule has 27 heavy (non-hydrogen) atoms. The number of thiophene rings is 1. The van der Waals surface area contributed by atoms with Crippen molar-refractivity contribution < 1.29 is 39.1 Å². The first-order chi connectivity index (χ1) is 12.9. The van der Waals surface area contributed by atoms with Gasteiger partial charge in [-0.3, -0.25) is 9.59 Å². The number of nitrogens with one attached hydrogen (secondary N) is 1. The SMILES string of the molecule is O=C(O)CON=C(C(=O)N[C@H]1CC=C[C@H](CC(=O)O)OB1O)c1cccs1. The van der Waals surface area contributed by atoms with Gasteiger partial charge < -0.3 is 30.0 Å². The molecular weight excluding hydrogens is 379 g/mol. The molecule has 0 radical (unpaired) electrons. The van der Waals surface area contributed by atoms with Crippen molar-refractivity contribution in [2.24, 2.45) is 5.16 Å². The number of hydrogen-bond acceptors (Lipinski definition) is 8. The minimum absolute atomic E-state index is 0.145. The van der Waals surface area contributed by atoms with E-state index in [4.69, 9.17) is 14.9 Å². The second-order valence-corrected chi connectivity index (χ2v) is 6.44. The van der Waals surface area contributed by atoms with Crippen LogP contribution in [0.5, 0.6) is 0 Å². The lowest BCUT2D eigenvalue weighted by Gasteiger charge is -2.20. The van der Waals surface area contributed by atoms with E-state index in [1.165, 1.54) is 17.4 Å². The molecule has 1 aromatic rings. The molecule has 0 aromatic carbocycles. The van der Waals surface area contributed by atoms with Gasteiger partial charge in [0.1, 0.15) is 0 Å². The molecule has 0 saturated carbocycles. The highest BCUT2D eigenvalue weighted by molar-refractivity contribution is 7.13. The molecule has 144 valence electrons. The summed E-state index contributed by atoms with van der Waals surface area (Å²) in [7, 11) is -1.43. The minimum atomic E-state index is -1.43. The standard InChI is InChI=1S/C15H17BN2O8S/c19-12(20)7-9-3-1-5-11(16(24)26-9)17-15(23)14(10-4-2-6-27-10)18-25-8-13(21)22/h1-4,6,9,11,24H,5,7-8H2,(H,17,23)(H,19,20)(H,21,22)/t9-,11+/m1/s1. The normalized spacial score (nSPS) is 20.0. The molecule has 4 N–H and O–H groups in total. The fourth-order valence-corrected chi connectivity index (χ4v) is 2.93. The van der Waals surface area contributed by atoms with Crippen molar-refractivity contribution in [3.05, 3.63) is 34.5 Å². The molecular formula is C15H17BN2O8S. The number of oxime groups is 1. The van der Waals surface area contributed by atoms with Gasteiger partial charge in [0.05, 0.1) is 23.3 Å². The van der Waals surface area contributed by atoms with E-state index in [2.05, 4.69) is 15.3 Å². The van der Waals surface area contributed by atoms with Gasteiger partial charge in [0.15, 0.2) is 5.71 Å². The van der Waals surface area contributed by atoms with Crippen LogP contribution in [0.4, 0.5) is 0 Å². The van der Waals surface area contributed by atoms with E-state index in [-0.39, 0.29) is 18.6 Å². The summed E-state index contributed by atoms with van der Waals surface area (Å²) in [4.78, 5) is 39.0. The lowest BCUT2D eigenvalue weighted by molar-refractivity contribution is -0.142. The van der Waals surface area contributed by atoms with Gasteiger partial charge in [0.2, 0.25) is 6.61 Å². The van der Waals surface area contributed by atoms with Crippen LogP contribution in [-0.2, 0) is 23.9 Å². The van der Waals surface area contributed by atoms with Crippen LogP contribution in [0, 0.1) is 0 Å². The van der Waals surface area contributed by atoms with Crippen molar-refractivity contribution in [2.75, 3.05) is 6.61 Å². The zero-order chi connectivity index (χ0) is 19.8. The zero-order valence-corrected chi connectivity index (χ0v) is 14.8. The Kier molecular flexibility index (Phi) is 7.52. The van der Waals surface area contributed by atoms with Gasteiger partial charge >= 0.3 is 19.1 Å². The molecule has 0 spiro atoms. The highest BCUT2D eigenvalue weighted by Crippen LogP contribution is 2.14. The van der Waals surface area contributed by atoms with E-state index < -0.39 is 43.6 Å². The van der Waals surface area contributed by atoms with Crippen LogP contribution in [0.25, 0.3) is 0 Å². The van der Waals surface area contributed by atoms with Crippen LogP contribution in [0.2, 0.25) is 0 Å². The van der Waals surface area contributed by atoms with Gasteiger partial charge in [-0.25, -0.2) is 4.79 Å². The molecule has 1 aliphatic rings. The number of carboxylic acid groups (broad SMARTS) is 2. The van der Waals surface area contributed by atoms with Crippen molar-refractivity contribution >= 4 is 42.0 Å². The number of nitrogens with zero attached hydrogens (tertiary/aromatic N) is 1. The Bertz CT molecular complexity index is 736. The Morgan fingerprint density at radius 1 is 1.37 bits per heavy atom. The third-order valence-corrected chi connectivity index (χ3v) is 4.28. The lowest BCUT2D eigenvalue weighted by atomic mass is 9.77. The molecule has 1 aromatic heterocycles. The second kappa shape index (κ2) is 9.85. The quantitative estimate of drug-likeness (QED) is 0.205. The Hall–Kier alpha value is -2.70. The molecule has 0 bridgehead atoms. The molecule has 0 fully saturated rings. The van der Waals surface area contributed by atoms with Crippen LogP contribution >= 0.6 is 11.3 Å². The summed E-state index contributed by atoms with van der Waals surface area (Å²) in [5.41, 5.74) is -0.145. The number of carbonyl (C=O) groups excluding carboxylic acids is 1. The summed E-state index contributed by atoms with van der Waals surface area (Å²) in [5.74, 6) is -3.87. The fraction of sp³-hybridized carbons (Fsp3) is 0.333. The van der Waals surface area contributed by atoms with Crippen LogP contribution in [0.1, 0.15) is 17.7 Å². The average Bonchev–Trinajstić information content (AvgIpc) is 3.05. The van der Waals surface area contributed by atoms with Crippen LogP contribution < -0.4 is 5.32 Å². The lowest BCUT2D eigenvalue weighted by Crippen LogP contribution is -2.50. The molecule has 0 saturated heterocycles. The van der Waals surface area contributed by atoms with Crippen molar-refractivity contribution in [3.63, 3.8) is 0 Å². The molecule has 12 heteroatoms. The van der Waals surface area contributed by atoms with Gasteiger partial charge in [-0.1, -0.05) is 23.4 Å². The summed E-state index contributed by atoms with van der Waals surface area (Å²) in [5, 5.41) is 35.4. The van der Waals surface area contributed by atoms with Crippen LogP contribution in [0.15, 0.2) is 34.8 Å². The number of aliphatic carboxylic acids is 2. The van der Waals surface area contributed by atoms with E-state index in [0.717, 1.165) is 0 Å². The number of hydrogen-bond donors (Lipinski definition) is 4. The first-order valence-corrected chi connectivity index (χ1v) is 8.73. The second-order valence-electron chi connectivity index (χ2n) is 5.49. The van der Waals surface area contributed by atoms with Gasteiger partial charge in [-0.2, -0.15) is 0 Å². The Morgan fingerprint density at radius 2 is 2.15 bits per heavy atom. The smallest absolute Gasteiger partial charge is 0.478 e. The van der Waals surface area contributed by atoms with E-state index in [9.17, 15) is 19.4 Å². The number of carboxylic acids is 2. The van der Waals surface area contributed by atoms with Gasteiger partial charge in [-0.05, 0) is 17.9 Å². The predicted molar refractivity (Wildman–Crippen MR) is 95.2 cm³/mol. The maximum absolute atomic E-state index is 12.6. The van der Waals surface area contributed by atoms with E-state index >= 15 is 0 Å². The van der Waals surface area contributed by atoms with Gasteiger partial charge in [0, 0.05) is 0 Å². The van der Waals surface area contributed by atoms with Gasteiger partial charge in [0.25, 0.3) is 5.91 Å². The van der Waals surface area contributed by atoms with Crippen LogP contribution in [-0.4, -0.2) is 64.6 Å². The Balaban J connectivity index is 2.07. The number of amides is 1. The maximum atomic E-state index is 12.6. The minimum Gasteiger partial charge on any atom is -0.481 e. The molecule has 2 heterocycles. The third-order valence-electron chi connectivity index (χ3n) is 3.40. The summed E-state index contributed by atoms with van der Waals surface area (Å²) < 4.78 is 5.25. The highest BCUT2D eigenvalue weighted by atomic mass is 32.1. The monoisotopic (exact) mass is 396 g/mol. The molecule has 2 rings (SSSR count). The highest BCUT2D eigenvalue weighted by Gasteiger charge is 2.33. The zero-order valence-electron chi connectivity index (χ0n) is 14.0. The van der Waals surface area contributed by atoms with Gasteiger partial charge in [-0.15, -0.1) is 11.3 Å². The maximum Gasteiger partial charge on any atom is 0.478 e. The van der Waals surface area contributed by atoms with Crippen LogP contribution in [0.3, 0.4) is 0 Å². The Labute approximate surface area is 158 Å². The van der Waals surface area contributed by atoms with E-state index in [1.807, 2.05) is 0 Å². The molecule has 0 aliphatic carbocycles. The summed E-state index contributed by atoms with van der Waals surface area (Å²) >= 11 is 1.20. The van der Waals surface area contributed by atoms with E-state index in [0.29, 0.717) is 4.88 Å². The first kappa shape index (κ1) is 20.6. The van der Waals surface area contributed by atoms with Crippen molar-refractivity contribution in [2.45, 2.75) is 24.9 Å². The largest absolute Gasteiger partial charge is 0.481 e. The van der Waals surface area contributed by atoms with Crippen molar-refractivity contribution in [1.82, 2.24) is 5.32 Å². The topological polar surface area (TPSA) is 155 Å². The molecule has 0 unspecified atom stereocenters. The molecule has 1 aliphatic heterocycles. The Morgan fingerprint density at radius 3 is 2.78 bits per heavy atom. The van der Waals surface area contributed by atoms with Crippen molar-refractivity contribution in [3.8, 4) is 0 Å². The molecule has 10 nitrogen and oxygen atoms in total. The average molecular weight is 396 g/mol. The third kappa shape index (κ3) is 6.51. The summed E-state index contributed by atoms with van der Waals surface area (Å²) in [6, 6.07) is 3.29. The first-order valence-electron chi connectivity index (χ1n) is 7.85. The fourth-order valence-electron chi connectivity index (χ4n) is 2.23. The predicted octanol–water partition coefficient (Wildman–Crippen LogP) is -0.122. The van der Waals surface area contributed by atoms with Crippen molar-refractivity contribution in [1.29, 1.82) is 0 Å². The number of rotatable bonds is 8. The summed E-state index contributed by atoms with van der Waals surface area (Å²) in [6.45, 7) is -0.711.